The van der Waals surface area contributed by atoms with Crippen molar-refractivity contribution in [1.29, 1.82) is 0 Å². The van der Waals surface area contributed by atoms with Gasteiger partial charge in [0.1, 0.15) is 0 Å². The minimum atomic E-state index is -1.69. The Labute approximate surface area is 288 Å². The van der Waals surface area contributed by atoms with E-state index in [1.165, 1.54) is 0 Å². The Morgan fingerprint density at radius 2 is 0.432 bits per heavy atom. The molecule has 2 aliphatic rings. The molecule has 0 aromatic carbocycles. The van der Waals surface area contributed by atoms with Crippen LogP contribution >= 0.6 is 0 Å². The second-order valence-corrected chi connectivity index (χ2v) is 104. The van der Waals surface area contributed by atoms with Gasteiger partial charge in [-0.15, -0.1) is 0 Å². The van der Waals surface area contributed by atoms with E-state index >= 15 is 0 Å². The van der Waals surface area contributed by atoms with Crippen molar-refractivity contribution < 1.29 is 0 Å². The highest BCUT2D eigenvalue weighted by Crippen LogP contribution is 2.78. The lowest BCUT2D eigenvalue weighted by Crippen LogP contribution is -3.21. The molecule has 2 aliphatic heterocycles. The van der Waals surface area contributed by atoms with Crippen molar-refractivity contribution in [2.75, 3.05) is 0 Å². The van der Waals surface area contributed by atoms with E-state index in [0.29, 0.717) is 0 Å². The van der Waals surface area contributed by atoms with Gasteiger partial charge in [-0.1, -0.05) is 233 Å². The molecule has 2 radical (unpaired) electrons. The average molecular weight is 742 g/mol. The molecule has 2 rings (SSSR count). The summed E-state index contributed by atoms with van der Waals surface area (Å²) in [7, 11) is -7.29. The lowest BCUT2D eigenvalue weighted by Gasteiger charge is -2.95. The van der Waals surface area contributed by atoms with Gasteiger partial charge in [-0.25, -0.2) is 0 Å². The van der Waals surface area contributed by atoms with Crippen molar-refractivity contribution in [2.24, 2.45) is 0 Å². The molecule has 0 aromatic heterocycles. The summed E-state index contributed by atoms with van der Waals surface area (Å²) >= 11 is 0. The fourth-order valence-corrected chi connectivity index (χ4v) is 464. The summed E-state index contributed by atoms with van der Waals surface area (Å²) in [6, 6.07) is 0. The predicted octanol–water partition coefficient (Wildman–Crippen LogP) is 13.3. The Morgan fingerprint density at radius 1 is 0.250 bits per heavy atom. The first kappa shape index (κ1) is 41.9. The summed E-state index contributed by atoms with van der Waals surface area (Å²) in [6.07, 6.45) is 0. The molecule has 0 amide bonds. The molecule has 0 nitrogen and oxygen atoms in total. The van der Waals surface area contributed by atoms with Crippen molar-refractivity contribution in [3.63, 3.8) is 0 Å². The van der Waals surface area contributed by atoms with Gasteiger partial charge in [0.2, 0.25) is 0 Å². The van der Waals surface area contributed by atoms with Crippen LogP contribution in [0.25, 0.3) is 0 Å². The fourth-order valence-electron chi connectivity index (χ4n) is 17.1. The normalized spacial score (nSPS) is 28.9. The van der Waals surface area contributed by atoms with Gasteiger partial charge in [-0.3, -0.25) is 0 Å². The molecule has 44 heavy (non-hydrogen) atoms. The Kier molecular flexibility index (Phi) is 12.8. The second kappa shape index (κ2) is 13.5. The number of hydrogen-bond donors (Lipinski definition) is 0. The maximum Gasteiger partial charge on any atom is 0.0400 e. The molecule has 2 atom stereocenters. The zero-order valence-electron chi connectivity index (χ0n) is 34.9. The molecule has 0 spiro atoms. The van der Waals surface area contributed by atoms with Crippen molar-refractivity contribution in [1.82, 2.24) is 0 Å². The van der Waals surface area contributed by atoms with Crippen LogP contribution in [0.5, 0.6) is 0 Å². The van der Waals surface area contributed by atoms with Crippen LogP contribution in [-0.2, 0) is 0 Å². The highest BCUT2D eigenvalue weighted by molar-refractivity contribution is 8.36. The molecule has 2 saturated heterocycles. The number of hydrogen-bond acceptors (Lipinski definition) is 0. The van der Waals surface area contributed by atoms with Crippen LogP contribution in [-0.4, -0.2) is 57.4 Å². The second-order valence-electron chi connectivity index (χ2n) is 19.8. The standard InChI is InChI=1S/C36H84Si8/c1-25(2)37-39(27(5)6,28(7)8)41(31(13)14,32(15)16)43(37,35(21)22)44(36(23)24)38(26(3)4)40(29(9)10,30(11)12)42(44,33(17)18)34(19)20/h25-36H,1-24H3. The van der Waals surface area contributed by atoms with Crippen molar-refractivity contribution >= 4 is 57.4 Å². The van der Waals surface area contributed by atoms with Crippen LogP contribution in [0.15, 0.2) is 0 Å². The lowest BCUT2D eigenvalue weighted by atomic mass is 10.5. The molecule has 2 fully saturated rings. The van der Waals surface area contributed by atoms with E-state index < -0.39 is 57.4 Å². The quantitative estimate of drug-likeness (QED) is 0.165. The Balaban J connectivity index is 3.68. The van der Waals surface area contributed by atoms with Gasteiger partial charge >= 0.3 is 0 Å². The molecule has 0 aliphatic carbocycles. The molecule has 260 valence electrons. The van der Waals surface area contributed by atoms with Gasteiger partial charge in [-0.2, -0.15) is 0 Å². The average Bonchev–Trinajstić information content (AvgIpc) is 2.77. The first-order valence-corrected chi connectivity index (χ1v) is 44.5. The summed E-state index contributed by atoms with van der Waals surface area (Å²) in [5.41, 5.74) is 11.9. The highest BCUT2D eigenvalue weighted by Gasteiger charge is 2.99. The molecule has 2 heterocycles. The number of rotatable bonds is 13. The zero-order valence-corrected chi connectivity index (χ0v) is 42.9. The van der Waals surface area contributed by atoms with E-state index in [2.05, 4.69) is 166 Å². The maximum absolute atomic E-state index is 2.95. The lowest BCUT2D eigenvalue weighted by molar-refractivity contribution is 0.866. The largest absolute Gasteiger partial charge is 0.0658 e. The maximum atomic E-state index is 2.95. The Hall–Kier alpha value is 1.74. The third kappa shape index (κ3) is 4.15. The molecule has 0 aromatic rings. The van der Waals surface area contributed by atoms with Crippen LogP contribution in [0.3, 0.4) is 0 Å². The van der Waals surface area contributed by atoms with Crippen LogP contribution < -0.4 is 0 Å². The highest BCUT2D eigenvalue weighted by atomic mass is 30.5. The third-order valence-electron chi connectivity index (χ3n) is 15.2. The van der Waals surface area contributed by atoms with Crippen LogP contribution in [0.2, 0.25) is 66.5 Å². The molecular formula is C36H84Si8. The van der Waals surface area contributed by atoms with Gasteiger partial charge in [0.25, 0.3) is 0 Å². The summed E-state index contributed by atoms with van der Waals surface area (Å²) in [5.74, 6) is 0. The van der Waals surface area contributed by atoms with E-state index in [0.717, 1.165) is 66.5 Å². The van der Waals surface area contributed by atoms with Crippen molar-refractivity contribution in [3.05, 3.63) is 0 Å². The monoisotopic (exact) mass is 740 g/mol. The van der Waals surface area contributed by atoms with Gasteiger partial charge in [0.05, 0.1) is 0 Å². The van der Waals surface area contributed by atoms with Crippen LogP contribution in [0.1, 0.15) is 166 Å². The molecule has 0 N–H and O–H groups in total. The topological polar surface area (TPSA) is 0 Å². The predicted molar refractivity (Wildman–Crippen MR) is 227 cm³/mol. The first-order chi connectivity index (χ1) is 19.8. The van der Waals surface area contributed by atoms with E-state index in [4.69, 9.17) is 0 Å². The Morgan fingerprint density at radius 3 is 0.523 bits per heavy atom. The van der Waals surface area contributed by atoms with Crippen molar-refractivity contribution in [2.45, 2.75) is 233 Å². The first-order valence-electron chi connectivity index (χ1n) is 19.6. The zero-order chi connectivity index (χ0) is 35.1. The smallest absolute Gasteiger partial charge is 0.0400 e. The van der Waals surface area contributed by atoms with Crippen LogP contribution in [0.4, 0.5) is 0 Å². The van der Waals surface area contributed by atoms with E-state index in [1.807, 2.05) is 0 Å². The van der Waals surface area contributed by atoms with E-state index in [1.54, 1.807) is 0 Å². The summed E-state index contributed by atoms with van der Waals surface area (Å²) in [5, 5.41) is 0. The third-order valence-corrected chi connectivity index (χ3v) is 237. The van der Waals surface area contributed by atoms with Gasteiger partial charge in [0.15, 0.2) is 0 Å². The molecule has 8 heteroatoms. The molecular weight excluding hydrogens is 657 g/mol. The van der Waals surface area contributed by atoms with Crippen LogP contribution in [0, 0.1) is 0 Å². The van der Waals surface area contributed by atoms with Crippen molar-refractivity contribution in [3.8, 4) is 0 Å². The van der Waals surface area contributed by atoms with Gasteiger partial charge < -0.3 is 0 Å². The van der Waals surface area contributed by atoms with Gasteiger partial charge in [-0.05, 0) is 0 Å². The minimum absolute atomic E-state index is 0.435. The summed E-state index contributed by atoms with van der Waals surface area (Å²) in [4.78, 5) is 0. The summed E-state index contributed by atoms with van der Waals surface area (Å²) < 4.78 is 0. The molecule has 0 saturated carbocycles. The van der Waals surface area contributed by atoms with E-state index in [9.17, 15) is 0 Å². The van der Waals surface area contributed by atoms with Gasteiger partial charge in [0, 0.05) is 57.4 Å². The molecule has 2 unspecified atom stereocenters. The Bertz CT molecular complexity index is 869. The summed E-state index contributed by atoms with van der Waals surface area (Å²) in [6.45, 7) is 65.4. The van der Waals surface area contributed by atoms with E-state index in [-0.39, 0.29) is 0 Å². The fraction of sp³-hybridized carbons (Fsp3) is 1.00. The SMILES string of the molecule is CC(C)[Si]1[Si](C(C)C)(C(C)C)[Si](C(C)C)(C(C)C)[Si]1(C(C)C)[Si]1(C(C)C)[Si](C(C)C)[Si](C(C)C)(C(C)C)[Si]1(C(C)C)C(C)C. The molecule has 0 bridgehead atoms. The minimum Gasteiger partial charge on any atom is -0.0658 e.